The van der Waals surface area contributed by atoms with Crippen LogP contribution in [0.4, 0.5) is 5.69 Å². The van der Waals surface area contributed by atoms with Crippen LogP contribution >= 0.6 is 0 Å². The first-order valence-corrected chi connectivity index (χ1v) is 6.49. The molecule has 0 bridgehead atoms. The lowest BCUT2D eigenvalue weighted by Gasteiger charge is -2.23. The molecule has 1 aromatic carbocycles. The van der Waals surface area contributed by atoms with E-state index in [0.29, 0.717) is 5.75 Å². The maximum Gasteiger partial charge on any atom is 0.234 e. The third-order valence-electron chi connectivity index (χ3n) is 3.87. The molecule has 5 heteroatoms. The quantitative estimate of drug-likeness (QED) is 0.890. The minimum atomic E-state index is -0.208. The van der Waals surface area contributed by atoms with Crippen LogP contribution in [0, 0.1) is 5.41 Å². The standard InChI is InChI=1S/C14H18N2O3/c1-15-8-14(5-6-14)13(17)16(2)10-3-4-11-12(7-10)19-9-18-11/h3-4,7,15H,5-6,8-9H2,1-2H3. The molecule has 0 unspecified atom stereocenters. The number of carbonyl (C=O) groups excluding carboxylic acids is 1. The van der Waals surface area contributed by atoms with E-state index in [0.717, 1.165) is 30.8 Å². The number of amides is 1. The third-order valence-corrected chi connectivity index (χ3v) is 3.87. The van der Waals surface area contributed by atoms with Gasteiger partial charge in [0.05, 0.1) is 5.41 Å². The van der Waals surface area contributed by atoms with Crippen LogP contribution in [-0.2, 0) is 4.79 Å². The van der Waals surface area contributed by atoms with Gasteiger partial charge in [-0.3, -0.25) is 4.79 Å². The molecular formula is C14H18N2O3. The first-order valence-electron chi connectivity index (χ1n) is 6.49. The Morgan fingerprint density at radius 3 is 2.79 bits per heavy atom. The monoisotopic (exact) mass is 262 g/mol. The Hall–Kier alpha value is -1.75. The smallest absolute Gasteiger partial charge is 0.234 e. The predicted octanol–water partition coefficient (Wildman–Crippen LogP) is 1.38. The largest absolute Gasteiger partial charge is 0.454 e. The van der Waals surface area contributed by atoms with E-state index in [1.807, 2.05) is 32.3 Å². The van der Waals surface area contributed by atoms with Crippen LogP contribution in [0.1, 0.15) is 12.8 Å². The Morgan fingerprint density at radius 1 is 1.37 bits per heavy atom. The maximum atomic E-state index is 12.5. The second-order valence-electron chi connectivity index (χ2n) is 5.21. The zero-order valence-corrected chi connectivity index (χ0v) is 11.2. The molecule has 0 saturated heterocycles. The van der Waals surface area contributed by atoms with Crippen LogP contribution in [0.15, 0.2) is 18.2 Å². The minimum Gasteiger partial charge on any atom is -0.454 e. The Kier molecular flexibility index (Phi) is 2.86. The highest BCUT2D eigenvalue weighted by molar-refractivity contribution is 5.99. The van der Waals surface area contributed by atoms with Crippen molar-refractivity contribution in [2.24, 2.45) is 5.41 Å². The van der Waals surface area contributed by atoms with Gasteiger partial charge in [0, 0.05) is 25.3 Å². The van der Waals surface area contributed by atoms with Crippen molar-refractivity contribution in [3.63, 3.8) is 0 Å². The summed E-state index contributed by atoms with van der Waals surface area (Å²) < 4.78 is 10.6. The SMILES string of the molecule is CNCC1(C(=O)N(C)c2ccc3c(c2)OCO3)CC1. The van der Waals surface area contributed by atoms with Crippen molar-refractivity contribution in [1.29, 1.82) is 0 Å². The number of ether oxygens (including phenoxy) is 2. The second kappa shape index (κ2) is 4.42. The van der Waals surface area contributed by atoms with Gasteiger partial charge in [-0.25, -0.2) is 0 Å². The van der Waals surface area contributed by atoms with E-state index >= 15 is 0 Å². The van der Waals surface area contributed by atoms with Gasteiger partial charge >= 0.3 is 0 Å². The fourth-order valence-corrected chi connectivity index (χ4v) is 2.52. The molecule has 0 radical (unpaired) electrons. The number of nitrogens with one attached hydrogen (secondary N) is 1. The molecule has 1 aromatic rings. The van der Waals surface area contributed by atoms with Gasteiger partial charge in [-0.05, 0) is 32.0 Å². The molecule has 1 saturated carbocycles. The Morgan fingerprint density at radius 2 is 2.11 bits per heavy atom. The van der Waals surface area contributed by atoms with Crippen molar-refractivity contribution in [1.82, 2.24) is 5.32 Å². The molecule has 102 valence electrons. The van der Waals surface area contributed by atoms with Crippen LogP contribution in [0.3, 0.4) is 0 Å². The maximum absolute atomic E-state index is 12.5. The van der Waals surface area contributed by atoms with Gasteiger partial charge in [-0.15, -0.1) is 0 Å². The summed E-state index contributed by atoms with van der Waals surface area (Å²) >= 11 is 0. The first-order chi connectivity index (χ1) is 9.16. The fourth-order valence-electron chi connectivity index (χ4n) is 2.52. The van der Waals surface area contributed by atoms with Crippen LogP contribution in [0.2, 0.25) is 0 Å². The van der Waals surface area contributed by atoms with Crippen molar-refractivity contribution < 1.29 is 14.3 Å². The molecule has 0 atom stereocenters. The van der Waals surface area contributed by atoms with E-state index in [4.69, 9.17) is 9.47 Å². The van der Waals surface area contributed by atoms with E-state index < -0.39 is 0 Å². The lowest BCUT2D eigenvalue weighted by Crippen LogP contribution is -2.39. The topological polar surface area (TPSA) is 50.8 Å². The van der Waals surface area contributed by atoms with E-state index in [9.17, 15) is 4.79 Å². The molecule has 1 N–H and O–H groups in total. The number of fused-ring (bicyclic) bond motifs is 1. The number of benzene rings is 1. The molecule has 1 aliphatic heterocycles. The number of carbonyl (C=O) groups is 1. The van der Waals surface area contributed by atoms with Crippen LogP contribution in [0.25, 0.3) is 0 Å². The van der Waals surface area contributed by atoms with Crippen molar-refractivity contribution >= 4 is 11.6 Å². The number of hydrogen-bond donors (Lipinski definition) is 1. The molecule has 19 heavy (non-hydrogen) atoms. The molecular weight excluding hydrogens is 244 g/mol. The summed E-state index contributed by atoms with van der Waals surface area (Å²) in [7, 11) is 3.70. The summed E-state index contributed by atoms with van der Waals surface area (Å²) in [5.74, 6) is 1.61. The van der Waals surface area contributed by atoms with E-state index in [2.05, 4.69) is 5.32 Å². The van der Waals surface area contributed by atoms with Crippen molar-refractivity contribution in [2.75, 3.05) is 32.3 Å². The first kappa shape index (κ1) is 12.3. The highest BCUT2D eigenvalue weighted by atomic mass is 16.7. The summed E-state index contributed by atoms with van der Waals surface area (Å²) in [6.07, 6.45) is 1.92. The lowest BCUT2D eigenvalue weighted by molar-refractivity contribution is -0.123. The Labute approximate surface area is 112 Å². The summed E-state index contributed by atoms with van der Waals surface area (Å²) in [6, 6.07) is 5.59. The molecule has 2 aliphatic rings. The zero-order valence-electron chi connectivity index (χ0n) is 11.2. The second-order valence-corrected chi connectivity index (χ2v) is 5.21. The third kappa shape index (κ3) is 2.04. The van der Waals surface area contributed by atoms with Crippen LogP contribution < -0.4 is 19.7 Å². The van der Waals surface area contributed by atoms with Crippen molar-refractivity contribution in [3.05, 3.63) is 18.2 Å². The summed E-state index contributed by atoms with van der Waals surface area (Å²) in [4.78, 5) is 14.2. The Balaban J connectivity index is 1.80. The molecule has 1 aliphatic carbocycles. The molecule has 1 amide bonds. The van der Waals surface area contributed by atoms with Gasteiger partial charge in [-0.2, -0.15) is 0 Å². The van der Waals surface area contributed by atoms with E-state index in [1.54, 1.807) is 4.90 Å². The molecule has 1 heterocycles. The molecule has 5 nitrogen and oxygen atoms in total. The minimum absolute atomic E-state index is 0.167. The summed E-state index contributed by atoms with van der Waals surface area (Å²) in [6.45, 7) is 0.987. The highest BCUT2D eigenvalue weighted by Crippen LogP contribution is 2.47. The van der Waals surface area contributed by atoms with Crippen LogP contribution in [-0.4, -0.2) is 33.3 Å². The Bertz CT molecular complexity index is 511. The molecule has 0 aromatic heterocycles. The summed E-state index contributed by atoms with van der Waals surface area (Å²) in [5, 5.41) is 3.11. The van der Waals surface area contributed by atoms with Gasteiger partial charge in [0.2, 0.25) is 12.7 Å². The van der Waals surface area contributed by atoms with Gasteiger partial charge in [0.25, 0.3) is 0 Å². The summed E-state index contributed by atoms with van der Waals surface area (Å²) in [5.41, 5.74) is 0.636. The zero-order chi connectivity index (χ0) is 13.5. The van der Waals surface area contributed by atoms with E-state index in [1.165, 1.54) is 0 Å². The molecule has 3 rings (SSSR count). The van der Waals surface area contributed by atoms with E-state index in [-0.39, 0.29) is 18.1 Å². The van der Waals surface area contributed by atoms with Gasteiger partial charge in [-0.1, -0.05) is 0 Å². The normalized spacial score (nSPS) is 18.2. The number of nitrogens with zero attached hydrogens (tertiary/aromatic N) is 1. The lowest BCUT2D eigenvalue weighted by atomic mass is 10.1. The molecule has 1 fully saturated rings. The molecule has 0 spiro atoms. The van der Waals surface area contributed by atoms with Gasteiger partial charge in [0.15, 0.2) is 11.5 Å². The fraction of sp³-hybridized carbons (Fsp3) is 0.500. The van der Waals surface area contributed by atoms with Crippen molar-refractivity contribution in [2.45, 2.75) is 12.8 Å². The van der Waals surface area contributed by atoms with Gasteiger partial charge < -0.3 is 19.7 Å². The average Bonchev–Trinajstić information content (AvgIpc) is 3.05. The highest BCUT2D eigenvalue weighted by Gasteiger charge is 2.50. The van der Waals surface area contributed by atoms with Crippen molar-refractivity contribution in [3.8, 4) is 11.5 Å². The number of rotatable bonds is 4. The average molecular weight is 262 g/mol. The van der Waals surface area contributed by atoms with Gasteiger partial charge in [0.1, 0.15) is 0 Å². The van der Waals surface area contributed by atoms with Crippen LogP contribution in [0.5, 0.6) is 11.5 Å². The number of hydrogen-bond acceptors (Lipinski definition) is 4. The number of anilines is 1. The predicted molar refractivity (Wildman–Crippen MR) is 71.6 cm³/mol.